The molecule has 1 aliphatic rings. The average molecular weight is 243 g/mol. The normalized spacial score (nSPS) is 16.2. The number of rotatable bonds is 2. The Bertz CT molecular complexity index is 591. The Hall–Kier alpha value is -1.97. The van der Waals surface area contributed by atoms with Crippen LogP contribution in [0.3, 0.4) is 0 Å². The highest BCUT2D eigenvalue weighted by Gasteiger charge is 2.23. The minimum atomic E-state index is -0.136. The van der Waals surface area contributed by atoms with E-state index in [2.05, 4.69) is 5.10 Å². The summed E-state index contributed by atoms with van der Waals surface area (Å²) in [6.07, 6.45) is 4.70. The number of H-pyrrole nitrogens is 1. The van der Waals surface area contributed by atoms with Gasteiger partial charge in [0.25, 0.3) is 5.56 Å². The van der Waals surface area contributed by atoms with Crippen molar-refractivity contribution in [2.75, 3.05) is 5.73 Å². The van der Waals surface area contributed by atoms with Crippen molar-refractivity contribution in [2.45, 2.75) is 31.6 Å². The third-order valence-corrected chi connectivity index (χ3v) is 3.73. The van der Waals surface area contributed by atoms with Crippen molar-refractivity contribution in [1.82, 2.24) is 9.78 Å². The molecule has 3 N–H and O–H groups in total. The molecule has 18 heavy (non-hydrogen) atoms. The molecule has 2 aromatic rings. The molecule has 0 spiro atoms. The molecule has 94 valence electrons. The molecular weight excluding hydrogens is 226 g/mol. The molecule has 0 bridgehead atoms. The molecule has 1 aromatic heterocycles. The highest BCUT2D eigenvalue weighted by molar-refractivity contribution is 5.46. The maximum absolute atomic E-state index is 12.2. The Kier molecular flexibility index (Phi) is 2.70. The summed E-state index contributed by atoms with van der Waals surface area (Å²) in [5.41, 5.74) is 7.95. The van der Waals surface area contributed by atoms with E-state index in [0.29, 0.717) is 11.6 Å². The van der Waals surface area contributed by atoms with Gasteiger partial charge in [0.05, 0.1) is 11.4 Å². The molecule has 0 atom stereocenters. The largest absolute Gasteiger partial charge is 0.393 e. The van der Waals surface area contributed by atoms with E-state index in [9.17, 15) is 4.79 Å². The molecule has 1 aliphatic carbocycles. The third-order valence-electron chi connectivity index (χ3n) is 3.73. The van der Waals surface area contributed by atoms with Gasteiger partial charge in [-0.05, 0) is 25.0 Å². The zero-order valence-electron chi connectivity index (χ0n) is 10.2. The molecule has 1 saturated carbocycles. The second kappa shape index (κ2) is 4.37. The first kappa shape index (κ1) is 11.1. The summed E-state index contributed by atoms with van der Waals surface area (Å²) >= 11 is 0. The Labute approximate surface area is 105 Å². The summed E-state index contributed by atoms with van der Waals surface area (Å²) in [5.74, 6) is 0.419. The van der Waals surface area contributed by atoms with Gasteiger partial charge in [-0.1, -0.05) is 31.0 Å². The SMILES string of the molecule is Nc1c(C2CCCC2)[nH]n(-c2ccccc2)c1=O. The third kappa shape index (κ3) is 1.74. The summed E-state index contributed by atoms with van der Waals surface area (Å²) < 4.78 is 1.54. The van der Waals surface area contributed by atoms with Crippen molar-refractivity contribution in [2.24, 2.45) is 0 Å². The molecule has 0 amide bonds. The zero-order valence-corrected chi connectivity index (χ0v) is 10.2. The average Bonchev–Trinajstić information content (AvgIpc) is 3.01. The Morgan fingerprint density at radius 1 is 1.17 bits per heavy atom. The molecule has 4 nitrogen and oxygen atoms in total. The summed E-state index contributed by atoms with van der Waals surface area (Å²) in [6.45, 7) is 0. The summed E-state index contributed by atoms with van der Waals surface area (Å²) in [6, 6.07) is 9.55. The number of aromatic nitrogens is 2. The number of nitrogens with zero attached hydrogens (tertiary/aromatic N) is 1. The van der Waals surface area contributed by atoms with E-state index in [4.69, 9.17) is 5.73 Å². The van der Waals surface area contributed by atoms with Crippen molar-refractivity contribution in [3.63, 3.8) is 0 Å². The van der Waals surface area contributed by atoms with Crippen LogP contribution in [0.2, 0.25) is 0 Å². The van der Waals surface area contributed by atoms with Crippen molar-refractivity contribution in [1.29, 1.82) is 0 Å². The fourth-order valence-corrected chi connectivity index (χ4v) is 2.75. The first-order chi connectivity index (χ1) is 8.77. The number of hydrogen-bond acceptors (Lipinski definition) is 2. The number of nitrogens with one attached hydrogen (secondary N) is 1. The molecule has 1 aromatic carbocycles. The van der Waals surface area contributed by atoms with E-state index < -0.39 is 0 Å². The molecule has 1 heterocycles. The molecule has 0 aliphatic heterocycles. The fraction of sp³-hybridized carbons (Fsp3) is 0.357. The summed E-state index contributed by atoms with van der Waals surface area (Å²) in [4.78, 5) is 12.2. The van der Waals surface area contributed by atoms with Crippen LogP contribution in [0.15, 0.2) is 35.1 Å². The van der Waals surface area contributed by atoms with Crippen LogP contribution in [0, 0.1) is 0 Å². The van der Waals surface area contributed by atoms with Crippen LogP contribution >= 0.6 is 0 Å². The second-order valence-electron chi connectivity index (χ2n) is 4.90. The van der Waals surface area contributed by atoms with Gasteiger partial charge >= 0.3 is 0 Å². The van der Waals surface area contributed by atoms with Gasteiger partial charge in [0.15, 0.2) is 0 Å². The Morgan fingerprint density at radius 2 is 1.83 bits per heavy atom. The Balaban J connectivity index is 2.07. The van der Waals surface area contributed by atoms with Crippen LogP contribution in [-0.4, -0.2) is 9.78 Å². The molecule has 1 fully saturated rings. The number of benzene rings is 1. The van der Waals surface area contributed by atoms with Gasteiger partial charge < -0.3 is 5.73 Å². The van der Waals surface area contributed by atoms with Gasteiger partial charge in [-0.15, -0.1) is 0 Å². The topological polar surface area (TPSA) is 63.8 Å². The van der Waals surface area contributed by atoms with E-state index in [1.54, 1.807) is 4.68 Å². The van der Waals surface area contributed by atoms with Crippen LogP contribution in [0.1, 0.15) is 37.3 Å². The number of anilines is 1. The zero-order chi connectivity index (χ0) is 12.5. The van der Waals surface area contributed by atoms with Crippen LogP contribution in [0.4, 0.5) is 5.69 Å². The van der Waals surface area contributed by atoms with Crippen LogP contribution in [0.25, 0.3) is 5.69 Å². The highest BCUT2D eigenvalue weighted by Crippen LogP contribution is 2.34. The number of hydrogen-bond donors (Lipinski definition) is 2. The highest BCUT2D eigenvalue weighted by atomic mass is 16.1. The molecule has 0 unspecified atom stereocenters. The molecular formula is C14H17N3O. The maximum atomic E-state index is 12.2. The van der Waals surface area contributed by atoms with Gasteiger partial charge in [0, 0.05) is 5.92 Å². The van der Waals surface area contributed by atoms with E-state index >= 15 is 0 Å². The number of aromatic amines is 1. The van der Waals surface area contributed by atoms with E-state index in [1.807, 2.05) is 30.3 Å². The van der Waals surface area contributed by atoms with Gasteiger partial charge in [0.2, 0.25) is 0 Å². The van der Waals surface area contributed by atoms with E-state index in [1.165, 1.54) is 12.8 Å². The van der Waals surface area contributed by atoms with Crippen molar-refractivity contribution in [3.8, 4) is 5.69 Å². The molecule has 0 radical (unpaired) electrons. The fourth-order valence-electron chi connectivity index (χ4n) is 2.75. The van der Waals surface area contributed by atoms with Gasteiger partial charge in [-0.2, -0.15) is 0 Å². The lowest BCUT2D eigenvalue weighted by molar-refractivity contribution is 0.678. The van der Waals surface area contributed by atoms with Gasteiger partial charge in [-0.3, -0.25) is 9.89 Å². The first-order valence-corrected chi connectivity index (χ1v) is 6.43. The lowest BCUT2D eigenvalue weighted by atomic mass is 10.0. The monoisotopic (exact) mass is 243 g/mol. The van der Waals surface area contributed by atoms with Crippen LogP contribution in [-0.2, 0) is 0 Å². The van der Waals surface area contributed by atoms with Crippen LogP contribution < -0.4 is 11.3 Å². The number of nitrogen functional groups attached to an aromatic ring is 1. The van der Waals surface area contributed by atoms with Gasteiger partial charge in [0.1, 0.15) is 5.69 Å². The maximum Gasteiger partial charge on any atom is 0.294 e. The smallest absolute Gasteiger partial charge is 0.294 e. The lowest BCUT2D eigenvalue weighted by Gasteiger charge is -2.07. The Morgan fingerprint density at radius 3 is 2.50 bits per heavy atom. The predicted octanol–water partition coefficient (Wildman–Crippen LogP) is 2.41. The second-order valence-corrected chi connectivity index (χ2v) is 4.90. The van der Waals surface area contributed by atoms with Gasteiger partial charge in [-0.25, -0.2) is 4.68 Å². The van der Waals surface area contributed by atoms with Crippen molar-refractivity contribution >= 4 is 5.69 Å². The molecule has 0 saturated heterocycles. The minimum absolute atomic E-state index is 0.136. The summed E-state index contributed by atoms with van der Waals surface area (Å²) in [5, 5.41) is 3.19. The van der Waals surface area contributed by atoms with Crippen molar-refractivity contribution in [3.05, 3.63) is 46.4 Å². The quantitative estimate of drug-likeness (QED) is 0.850. The van der Waals surface area contributed by atoms with Crippen LogP contribution in [0.5, 0.6) is 0 Å². The molecule has 4 heteroatoms. The van der Waals surface area contributed by atoms with E-state index in [-0.39, 0.29) is 5.56 Å². The minimum Gasteiger partial charge on any atom is -0.393 e. The number of para-hydroxylation sites is 1. The predicted molar refractivity (Wildman–Crippen MR) is 72.0 cm³/mol. The molecule has 3 rings (SSSR count). The standard InChI is InChI=1S/C14H17N3O/c15-12-13(10-6-4-5-7-10)16-17(14(12)18)11-8-2-1-3-9-11/h1-3,8-10,16H,4-7,15H2. The summed E-state index contributed by atoms with van der Waals surface area (Å²) in [7, 11) is 0. The first-order valence-electron chi connectivity index (χ1n) is 6.43. The lowest BCUT2D eigenvalue weighted by Crippen LogP contribution is -2.16. The van der Waals surface area contributed by atoms with E-state index in [0.717, 1.165) is 24.2 Å². The van der Waals surface area contributed by atoms with Crippen molar-refractivity contribution < 1.29 is 0 Å². The number of nitrogens with two attached hydrogens (primary N) is 1.